The quantitative estimate of drug-likeness (QED) is 0.881. The van der Waals surface area contributed by atoms with Gasteiger partial charge in [-0.1, -0.05) is 0 Å². The van der Waals surface area contributed by atoms with Crippen LogP contribution in [0.25, 0.3) is 0 Å². The molecule has 1 atom stereocenters. The predicted molar refractivity (Wildman–Crippen MR) is 73.9 cm³/mol. The van der Waals surface area contributed by atoms with Crippen molar-refractivity contribution in [1.82, 2.24) is 9.97 Å². The second-order valence-electron chi connectivity index (χ2n) is 5.12. The van der Waals surface area contributed by atoms with E-state index in [0.717, 1.165) is 36.0 Å². The van der Waals surface area contributed by atoms with E-state index in [1.54, 1.807) is 6.07 Å². The van der Waals surface area contributed by atoms with Crippen molar-refractivity contribution in [3.05, 3.63) is 35.5 Å². The van der Waals surface area contributed by atoms with Gasteiger partial charge in [0, 0.05) is 12.0 Å². The van der Waals surface area contributed by atoms with Gasteiger partial charge in [-0.15, -0.1) is 0 Å². The first-order valence-electron chi connectivity index (χ1n) is 6.59. The SMILES string of the molecule is Cc1ccc(C(C)Nc2cc(N)nc(C3CC3)n2)o1. The minimum atomic E-state index is 0.0510. The molecule has 0 radical (unpaired) electrons. The van der Waals surface area contributed by atoms with Gasteiger partial charge in [-0.3, -0.25) is 0 Å². The number of rotatable bonds is 4. The number of nitrogen functional groups attached to an aromatic ring is 1. The molecule has 5 heteroatoms. The number of nitrogens with one attached hydrogen (secondary N) is 1. The van der Waals surface area contributed by atoms with Gasteiger partial charge >= 0.3 is 0 Å². The largest absolute Gasteiger partial charge is 0.464 e. The number of aromatic nitrogens is 2. The van der Waals surface area contributed by atoms with E-state index in [4.69, 9.17) is 10.2 Å². The van der Waals surface area contributed by atoms with E-state index in [9.17, 15) is 0 Å². The Balaban J connectivity index is 1.78. The van der Waals surface area contributed by atoms with E-state index in [1.165, 1.54) is 0 Å². The van der Waals surface area contributed by atoms with Crippen LogP contribution in [0.4, 0.5) is 11.6 Å². The summed E-state index contributed by atoms with van der Waals surface area (Å²) in [4.78, 5) is 8.81. The third-order valence-corrected chi connectivity index (χ3v) is 3.26. The van der Waals surface area contributed by atoms with Gasteiger partial charge in [-0.05, 0) is 38.8 Å². The summed E-state index contributed by atoms with van der Waals surface area (Å²) in [6, 6.07) is 5.74. The molecule has 1 saturated carbocycles. The maximum absolute atomic E-state index is 5.83. The van der Waals surface area contributed by atoms with Crippen LogP contribution in [0.1, 0.15) is 49.1 Å². The standard InChI is InChI=1S/C14H18N4O/c1-8-3-6-11(19-8)9(2)16-13-7-12(15)17-14(18-13)10-4-5-10/h3,6-7,9-10H,4-5H2,1-2H3,(H3,15,16,17,18). The van der Waals surface area contributed by atoms with Crippen molar-refractivity contribution in [3.63, 3.8) is 0 Å². The van der Waals surface area contributed by atoms with Crippen LogP contribution >= 0.6 is 0 Å². The molecule has 3 rings (SSSR count). The van der Waals surface area contributed by atoms with Crippen LogP contribution in [0, 0.1) is 6.92 Å². The number of hydrogen-bond acceptors (Lipinski definition) is 5. The van der Waals surface area contributed by atoms with E-state index in [-0.39, 0.29) is 6.04 Å². The van der Waals surface area contributed by atoms with Crippen LogP contribution in [0.2, 0.25) is 0 Å². The second-order valence-corrected chi connectivity index (χ2v) is 5.12. The highest BCUT2D eigenvalue weighted by Gasteiger charge is 2.27. The average Bonchev–Trinajstić information content (AvgIpc) is 3.11. The summed E-state index contributed by atoms with van der Waals surface area (Å²) < 4.78 is 5.60. The normalized spacial score (nSPS) is 16.3. The van der Waals surface area contributed by atoms with Crippen molar-refractivity contribution < 1.29 is 4.42 Å². The van der Waals surface area contributed by atoms with Crippen molar-refractivity contribution in [2.45, 2.75) is 38.6 Å². The summed E-state index contributed by atoms with van der Waals surface area (Å²) in [6.07, 6.45) is 2.33. The van der Waals surface area contributed by atoms with Crippen molar-refractivity contribution >= 4 is 11.6 Å². The molecule has 3 N–H and O–H groups in total. The number of nitrogens with zero attached hydrogens (tertiary/aromatic N) is 2. The van der Waals surface area contributed by atoms with E-state index >= 15 is 0 Å². The lowest BCUT2D eigenvalue weighted by Crippen LogP contribution is -2.09. The molecule has 1 fully saturated rings. The highest BCUT2D eigenvalue weighted by atomic mass is 16.3. The van der Waals surface area contributed by atoms with Gasteiger partial charge in [0.25, 0.3) is 0 Å². The monoisotopic (exact) mass is 258 g/mol. The zero-order valence-corrected chi connectivity index (χ0v) is 11.2. The number of anilines is 2. The molecule has 0 aliphatic heterocycles. The molecule has 2 aromatic heterocycles. The summed E-state index contributed by atoms with van der Waals surface area (Å²) >= 11 is 0. The Bertz CT molecular complexity index is 589. The highest BCUT2D eigenvalue weighted by Crippen LogP contribution is 2.38. The van der Waals surface area contributed by atoms with Crippen LogP contribution in [-0.4, -0.2) is 9.97 Å². The molecular formula is C14H18N4O. The molecule has 0 spiro atoms. The highest BCUT2D eigenvalue weighted by molar-refractivity contribution is 5.46. The van der Waals surface area contributed by atoms with Gasteiger partial charge in [0.2, 0.25) is 0 Å². The van der Waals surface area contributed by atoms with Gasteiger partial charge < -0.3 is 15.5 Å². The number of furan rings is 1. The van der Waals surface area contributed by atoms with Crippen LogP contribution in [-0.2, 0) is 0 Å². The smallest absolute Gasteiger partial charge is 0.136 e. The van der Waals surface area contributed by atoms with Crippen molar-refractivity contribution in [1.29, 1.82) is 0 Å². The minimum Gasteiger partial charge on any atom is -0.464 e. The molecule has 0 amide bonds. The van der Waals surface area contributed by atoms with Crippen LogP contribution in [0.5, 0.6) is 0 Å². The molecular weight excluding hydrogens is 240 g/mol. The number of aryl methyl sites for hydroxylation is 1. The second kappa shape index (κ2) is 4.57. The molecule has 0 aromatic carbocycles. The maximum atomic E-state index is 5.83. The first-order chi connectivity index (χ1) is 9.11. The Kier molecular flexibility index (Phi) is 2.89. The zero-order valence-electron chi connectivity index (χ0n) is 11.2. The Morgan fingerprint density at radius 1 is 1.37 bits per heavy atom. The van der Waals surface area contributed by atoms with Crippen LogP contribution < -0.4 is 11.1 Å². The van der Waals surface area contributed by atoms with Crippen LogP contribution in [0.3, 0.4) is 0 Å². The molecule has 0 bridgehead atoms. The van der Waals surface area contributed by atoms with E-state index in [0.29, 0.717) is 11.7 Å². The van der Waals surface area contributed by atoms with E-state index < -0.39 is 0 Å². The van der Waals surface area contributed by atoms with Crippen molar-refractivity contribution in [2.24, 2.45) is 0 Å². The minimum absolute atomic E-state index is 0.0510. The molecule has 2 aromatic rings. The third-order valence-electron chi connectivity index (χ3n) is 3.26. The Labute approximate surface area is 112 Å². The van der Waals surface area contributed by atoms with Gasteiger partial charge in [0.15, 0.2) is 0 Å². The lowest BCUT2D eigenvalue weighted by Gasteiger charge is -2.13. The number of hydrogen-bond donors (Lipinski definition) is 2. The molecule has 0 saturated heterocycles. The summed E-state index contributed by atoms with van der Waals surface area (Å²) in [7, 11) is 0. The zero-order chi connectivity index (χ0) is 13.4. The third kappa shape index (κ3) is 2.70. The first-order valence-corrected chi connectivity index (χ1v) is 6.59. The average molecular weight is 258 g/mol. The lowest BCUT2D eigenvalue weighted by atomic mass is 10.2. The summed E-state index contributed by atoms with van der Waals surface area (Å²) in [5, 5.41) is 3.31. The molecule has 100 valence electrons. The fourth-order valence-corrected chi connectivity index (χ4v) is 2.06. The van der Waals surface area contributed by atoms with Crippen LogP contribution in [0.15, 0.2) is 22.6 Å². The fourth-order valence-electron chi connectivity index (χ4n) is 2.06. The molecule has 5 nitrogen and oxygen atoms in total. The molecule has 1 aliphatic carbocycles. The topological polar surface area (TPSA) is 77.0 Å². The molecule has 19 heavy (non-hydrogen) atoms. The number of nitrogens with two attached hydrogens (primary N) is 1. The van der Waals surface area contributed by atoms with Gasteiger partial charge in [-0.25, -0.2) is 9.97 Å². The molecule has 1 aliphatic rings. The summed E-state index contributed by atoms with van der Waals surface area (Å²) in [6.45, 7) is 3.97. The van der Waals surface area contributed by atoms with Gasteiger partial charge in [0.1, 0.15) is 29.0 Å². The first kappa shape index (κ1) is 12.0. The fraction of sp³-hybridized carbons (Fsp3) is 0.429. The van der Waals surface area contributed by atoms with E-state index in [2.05, 4.69) is 15.3 Å². The summed E-state index contributed by atoms with van der Waals surface area (Å²) in [5.74, 6) is 4.42. The Hall–Kier alpha value is -2.04. The van der Waals surface area contributed by atoms with Gasteiger partial charge in [0.05, 0.1) is 6.04 Å². The summed E-state index contributed by atoms with van der Waals surface area (Å²) in [5.41, 5.74) is 5.83. The molecule has 2 heterocycles. The van der Waals surface area contributed by atoms with Crippen molar-refractivity contribution in [3.8, 4) is 0 Å². The van der Waals surface area contributed by atoms with E-state index in [1.807, 2.05) is 26.0 Å². The Morgan fingerprint density at radius 3 is 2.79 bits per heavy atom. The Morgan fingerprint density at radius 2 is 2.16 bits per heavy atom. The lowest BCUT2D eigenvalue weighted by molar-refractivity contribution is 0.466. The maximum Gasteiger partial charge on any atom is 0.136 e. The predicted octanol–water partition coefficient (Wildman–Crippen LogP) is 3.01. The van der Waals surface area contributed by atoms with Crippen molar-refractivity contribution in [2.75, 3.05) is 11.1 Å². The van der Waals surface area contributed by atoms with Gasteiger partial charge in [-0.2, -0.15) is 0 Å². The molecule has 1 unspecified atom stereocenters.